The summed E-state index contributed by atoms with van der Waals surface area (Å²) in [6.07, 6.45) is 1.54. The van der Waals surface area contributed by atoms with E-state index in [4.69, 9.17) is 14.5 Å². The lowest BCUT2D eigenvalue weighted by Crippen LogP contribution is -2.57. The Balaban J connectivity index is 0.757. The molecule has 6 aromatic rings. The first-order valence-electron chi connectivity index (χ1n) is 25.5. The lowest BCUT2D eigenvalue weighted by molar-refractivity contribution is -0.172. The zero-order valence-corrected chi connectivity index (χ0v) is 42.5. The monoisotopic (exact) mass is 1010 g/mol. The molecule has 4 aliphatic rings. The van der Waals surface area contributed by atoms with Crippen LogP contribution in [0.4, 0.5) is 4.79 Å². The molecule has 7 heterocycles. The number of cyclic esters (lactones) is 1. The van der Waals surface area contributed by atoms with E-state index in [1.807, 2.05) is 63.8 Å². The second-order valence-electron chi connectivity index (χ2n) is 20.1. The lowest BCUT2D eigenvalue weighted by atomic mass is 9.86. The number of phenols is 2. The fraction of sp³-hybridized carbons (Fsp3) is 0.418. The second kappa shape index (κ2) is 19.7. The molecule has 19 heteroatoms. The van der Waals surface area contributed by atoms with Crippen molar-refractivity contribution < 1.29 is 44.0 Å². The van der Waals surface area contributed by atoms with Gasteiger partial charge in [-0.15, -0.1) is 10.2 Å². The number of hydrogen-bond acceptors (Lipinski definition) is 14. The molecule has 4 aliphatic heterocycles. The second-order valence-corrected chi connectivity index (χ2v) is 20.1. The summed E-state index contributed by atoms with van der Waals surface area (Å²) in [6, 6.07) is 17.4. The van der Waals surface area contributed by atoms with Gasteiger partial charge in [0.2, 0.25) is 11.7 Å². The molecule has 3 aromatic heterocycles. The third-order valence-electron chi connectivity index (χ3n) is 15.3. The van der Waals surface area contributed by atoms with Crippen LogP contribution in [0.1, 0.15) is 111 Å². The number of carbonyl (C=O) groups excluding carboxylic acids is 4. The highest BCUT2D eigenvalue weighted by molar-refractivity contribution is 5.93. The molecule has 2 unspecified atom stereocenters. The summed E-state index contributed by atoms with van der Waals surface area (Å²) in [5, 5.41) is 44.8. The van der Waals surface area contributed by atoms with Gasteiger partial charge in [0, 0.05) is 73.0 Å². The van der Waals surface area contributed by atoms with E-state index in [-0.39, 0.29) is 83.2 Å². The summed E-state index contributed by atoms with van der Waals surface area (Å²) in [5.74, 6) is -0.829. The highest BCUT2D eigenvalue weighted by Crippen LogP contribution is 2.42. The standard InChI is InChI=1S/C55H61N9O10/c1-7-36-38-22-35(14-15-43(38)57-47-40(36)28-63-44(47)24-42-41(52(63)69)29-73-53(70)55(42,72)8-2)74-54(71)62-21-20-61(26-31(62)6)51(68)33-16-18-60(19-17-33)27-32-10-12-34(13-11-32)64-48(58-59-49(64)50(67)56-9-3)39-23-37(30(4)5)45(65)25-46(39)66/h10-15,22-25,30-31,33,65-66,72H,7-9,16-21,26-29H2,1-6H3,(H,56,67). The molecule has 0 spiro atoms. The Morgan fingerprint density at radius 1 is 0.919 bits per heavy atom. The predicted octanol–water partition coefficient (Wildman–Crippen LogP) is 6.12. The molecule has 386 valence electrons. The van der Waals surface area contributed by atoms with E-state index in [9.17, 15) is 39.3 Å². The number of likely N-dealkylation sites (tertiary alicyclic amines) is 1. The van der Waals surface area contributed by atoms with Crippen LogP contribution in [0.3, 0.4) is 0 Å². The molecule has 2 saturated heterocycles. The fourth-order valence-electron chi connectivity index (χ4n) is 11.1. The Morgan fingerprint density at radius 2 is 1.68 bits per heavy atom. The Labute approximate surface area is 427 Å². The first-order chi connectivity index (χ1) is 35.5. The summed E-state index contributed by atoms with van der Waals surface area (Å²) >= 11 is 0. The van der Waals surface area contributed by atoms with Crippen LogP contribution in [0, 0.1) is 5.92 Å². The normalized spacial score (nSPS) is 18.8. The van der Waals surface area contributed by atoms with Crippen molar-refractivity contribution in [2.45, 2.75) is 104 Å². The Hall–Kier alpha value is -7.64. The number of fused-ring (bicyclic) bond motifs is 5. The smallest absolute Gasteiger partial charge is 0.415 e. The van der Waals surface area contributed by atoms with Crippen molar-refractivity contribution in [1.29, 1.82) is 0 Å². The summed E-state index contributed by atoms with van der Waals surface area (Å²) in [6.45, 7) is 14.9. The molecule has 74 heavy (non-hydrogen) atoms. The highest BCUT2D eigenvalue weighted by Gasteiger charge is 2.46. The van der Waals surface area contributed by atoms with Crippen LogP contribution in [0.2, 0.25) is 0 Å². The van der Waals surface area contributed by atoms with Crippen LogP contribution in [-0.4, -0.2) is 124 Å². The molecule has 2 fully saturated rings. The van der Waals surface area contributed by atoms with E-state index < -0.39 is 23.6 Å². The van der Waals surface area contributed by atoms with Crippen molar-refractivity contribution in [3.8, 4) is 45.7 Å². The number of nitrogens with zero attached hydrogens (tertiary/aromatic N) is 8. The number of phenolic OH excluding ortho intramolecular Hbond substituents is 2. The van der Waals surface area contributed by atoms with E-state index in [0.29, 0.717) is 91.5 Å². The van der Waals surface area contributed by atoms with Crippen LogP contribution in [0.5, 0.6) is 17.2 Å². The maximum absolute atomic E-state index is 13.9. The number of hydrogen-bond donors (Lipinski definition) is 4. The van der Waals surface area contributed by atoms with Gasteiger partial charge in [0.05, 0.1) is 34.6 Å². The van der Waals surface area contributed by atoms with Gasteiger partial charge >= 0.3 is 12.1 Å². The van der Waals surface area contributed by atoms with Crippen molar-refractivity contribution in [2.75, 3.05) is 39.3 Å². The number of ether oxygens (including phenoxy) is 2. The van der Waals surface area contributed by atoms with E-state index in [1.54, 1.807) is 51.3 Å². The van der Waals surface area contributed by atoms with Gasteiger partial charge in [-0.05, 0) is 118 Å². The minimum atomic E-state index is -1.92. The maximum Gasteiger partial charge on any atom is 0.415 e. The molecule has 0 aliphatic carbocycles. The van der Waals surface area contributed by atoms with Gasteiger partial charge in [0.15, 0.2) is 11.4 Å². The first kappa shape index (κ1) is 49.9. The maximum atomic E-state index is 13.9. The number of piperazine rings is 1. The number of aryl methyl sites for hydroxylation is 1. The largest absolute Gasteiger partial charge is 0.508 e. The van der Waals surface area contributed by atoms with E-state index in [1.165, 1.54) is 6.07 Å². The highest BCUT2D eigenvalue weighted by atomic mass is 16.6. The molecule has 2 atom stereocenters. The predicted molar refractivity (Wildman–Crippen MR) is 273 cm³/mol. The number of aromatic hydroxyl groups is 2. The van der Waals surface area contributed by atoms with Crippen molar-refractivity contribution in [3.63, 3.8) is 0 Å². The summed E-state index contributed by atoms with van der Waals surface area (Å²) in [4.78, 5) is 78.1. The number of nitrogens with one attached hydrogen (secondary N) is 1. The zero-order chi connectivity index (χ0) is 52.3. The zero-order valence-electron chi connectivity index (χ0n) is 42.5. The Morgan fingerprint density at radius 3 is 2.36 bits per heavy atom. The summed E-state index contributed by atoms with van der Waals surface area (Å²) in [5.41, 5.74) is 4.47. The first-order valence-corrected chi connectivity index (χ1v) is 25.5. The van der Waals surface area contributed by atoms with Crippen molar-refractivity contribution in [2.24, 2.45) is 5.92 Å². The molecule has 10 rings (SSSR count). The lowest BCUT2D eigenvalue weighted by Gasteiger charge is -2.41. The summed E-state index contributed by atoms with van der Waals surface area (Å²) in [7, 11) is 0. The van der Waals surface area contributed by atoms with Gasteiger partial charge in [-0.3, -0.25) is 23.9 Å². The van der Waals surface area contributed by atoms with Crippen molar-refractivity contribution >= 4 is 34.8 Å². The number of amides is 3. The third-order valence-corrected chi connectivity index (χ3v) is 15.3. The quantitative estimate of drug-likeness (QED) is 0.107. The molecule has 3 amide bonds. The Kier molecular flexibility index (Phi) is 13.3. The minimum Gasteiger partial charge on any atom is -0.508 e. The summed E-state index contributed by atoms with van der Waals surface area (Å²) < 4.78 is 14.4. The van der Waals surface area contributed by atoms with E-state index in [0.717, 1.165) is 35.2 Å². The molecule has 0 saturated carbocycles. The van der Waals surface area contributed by atoms with E-state index >= 15 is 0 Å². The van der Waals surface area contributed by atoms with E-state index in [2.05, 4.69) is 20.4 Å². The number of benzene rings is 3. The number of piperidine rings is 1. The molecule has 3 aromatic carbocycles. The van der Waals surface area contributed by atoms with Crippen LogP contribution in [-0.2, 0) is 46.0 Å². The molecule has 0 radical (unpaired) electrons. The minimum absolute atomic E-state index is 0.0310. The van der Waals surface area contributed by atoms with Gasteiger partial charge < -0.3 is 44.5 Å². The van der Waals surface area contributed by atoms with Crippen molar-refractivity contribution in [3.05, 3.63) is 110 Å². The van der Waals surface area contributed by atoms with Crippen molar-refractivity contribution in [1.82, 2.24) is 44.3 Å². The topological polar surface area (TPSA) is 235 Å². The van der Waals surface area contributed by atoms with Gasteiger partial charge in [-0.2, -0.15) is 0 Å². The van der Waals surface area contributed by atoms with Gasteiger partial charge in [0.1, 0.15) is 23.9 Å². The number of rotatable bonds is 11. The molecule has 19 nitrogen and oxygen atoms in total. The van der Waals surface area contributed by atoms with Crippen LogP contribution >= 0.6 is 0 Å². The average molecular weight is 1010 g/mol. The van der Waals surface area contributed by atoms with Crippen LogP contribution in [0.25, 0.3) is 39.4 Å². The molecular weight excluding hydrogens is 947 g/mol. The van der Waals surface area contributed by atoms with Gasteiger partial charge in [0.25, 0.3) is 11.5 Å². The fourth-order valence-corrected chi connectivity index (χ4v) is 11.1. The van der Waals surface area contributed by atoms with Crippen LogP contribution < -0.4 is 15.6 Å². The van der Waals surface area contributed by atoms with Gasteiger partial charge in [-0.25, -0.2) is 14.6 Å². The van der Waals surface area contributed by atoms with Crippen LogP contribution in [0.15, 0.2) is 65.5 Å². The Bertz CT molecular complexity index is 3300. The third kappa shape index (κ3) is 8.70. The SMILES string of the molecule is CCNC(=O)c1nnc(-c2cc(C(C)C)c(O)cc2O)n1-c1ccc(CN2CCC(C(=O)N3CCN(C(=O)Oc4ccc5nc6c(c(CC)c5c4)Cn4c-6cc5c(c4=O)COC(=O)C5(O)CC)C(C)C3)CC2)cc1. The molecular formula is C55H61N9O10. The molecule has 0 bridgehead atoms. The number of esters is 1. The van der Waals surface area contributed by atoms with Gasteiger partial charge in [-0.1, -0.05) is 39.8 Å². The number of carbonyl (C=O) groups is 4. The number of aliphatic hydroxyl groups is 1. The average Bonchev–Trinajstić information content (AvgIpc) is 4.00. The number of aromatic nitrogens is 5. The number of pyridine rings is 2. The molecule has 4 N–H and O–H groups in total.